The van der Waals surface area contributed by atoms with E-state index in [9.17, 15) is 8.78 Å². The molecule has 1 unspecified atom stereocenters. The van der Waals surface area contributed by atoms with Crippen LogP contribution in [0.5, 0.6) is 0 Å². The predicted octanol–water partition coefficient (Wildman–Crippen LogP) is 3.09. The number of aliphatic imine (C=N–C) groups is 1. The second-order valence-corrected chi connectivity index (χ2v) is 6.92. The number of hydrogen-bond acceptors (Lipinski definition) is 3. The summed E-state index contributed by atoms with van der Waals surface area (Å²) in [6.07, 6.45) is 0. The lowest BCUT2D eigenvalue weighted by Crippen LogP contribution is -2.46. The summed E-state index contributed by atoms with van der Waals surface area (Å²) in [5, 5.41) is 6.61. The molecule has 0 amide bonds. The number of nitrogens with one attached hydrogen (secondary N) is 2. The van der Waals surface area contributed by atoms with E-state index in [0.29, 0.717) is 38.8 Å². The zero-order chi connectivity index (χ0) is 20.5. The molecule has 1 aliphatic rings. The van der Waals surface area contributed by atoms with Crippen molar-refractivity contribution in [2.24, 2.45) is 4.99 Å². The van der Waals surface area contributed by atoms with Gasteiger partial charge in [-0.1, -0.05) is 24.3 Å². The van der Waals surface area contributed by atoms with Gasteiger partial charge < -0.3 is 15.4 Å². The average molecular weight is 402 g/mol. The predicted molar refractivity (Wildman–Crippen MR) is 111 cm³/mol. The van der Waals surface area contributed by atoms with Crippen molar-refractivity contribution in [2.45, 2.75) is 19.5 Å². The van der Waals surface area contributed by atoms with Gasteiger partial charge in [-0.2, -0.15) is 0 Å². The van der Waals surface area contributed by atoms with Gasteiger partial charge in [-0.05, 0) is 42.3 Å². The molecule has 0 saturated carbocycles. The van der Waals surface area contributed by atoms with Crippen LogP contribution >= 0.6 is 0 Å². The Morgan fingerprint density at radius 3 is 2.52 bits per heavy atom. The minimum Gasteiger partial charge on any atom is -0.379 e. The van der Waals surface area contributed by atoms with Crippen LogP contribution in [-0.2, 0) is 11.3 Å². The van der Waals surface area contributed by atoms with Gasteiger partial charge in [0.15, 0.2) is 5.96 Å². The molecule has 1 saturated heterocycles. The molecule has 7 heteroatoms. The average Bonchev–Trinajstić information content (AvgIpc) is 2.74. The van der Waals surface area contributed by atoms with E-state index in [-0.39, 0.29) is 17.7 Å². The van der Waals surface area contributed by atoms with E-state index in [1.807, 2.05) is 25.1 Å². The van der Waals surface area contributed by atoms with Crippen molar-refractivity contribution in [3.05, 3.63) is 71.3 Å². The number of rotatable bonds is 7. The third-order valence-corrected chi connectivity index (χ3v) is 4.86. The summed E-state index contributed by atoms with van der Waals surface area (Å²) in [7, 11) is 0. The lowest BCUT2D eigenvalue weighted by atomic mass is 10.0. The summed E-state index contributed by atoms with van der Waals surface area (Å²) < 4.78 is 32.3. The SMILES string of the molecule is CCNC(=NCc1cccc(F)c1)NCC(c1ccc(F)cc1)N1CCOCC1. The molecule has 0 aliphatic carbocycles. The molecule has 2 aromatic rings. The van der Waals surface area contributed by atoms with Crippen LogP contribution in [0.4, 0.5) is 8.78 Å². The van der Waals surface area contributed by atoms with Crippen molar-refractivity contribution in [3.8, 4) is 0 Å². The Kier molecular flexibility index (Phi) is 7.95. The van der Waals surface area contributed by atoms with Crippen LogP contribution in [-0.4, -0.2) is 50.3 Å². The summed E-state index contributed by atoms with van der Waals surface area (Å²) in [4.78, 5) is 6.91. The third-order valence-electron chi connectivity index (χ3n) is 4.86. The van der Waals surface area contributed by atoms with Gasteiger partial charge >= 0.3 is 0 Å². The molecular formula is C22H28F2N4O. The first kappa shape index (κ1) is 21.2. The van der Waals surface area contributed by atoms with E-state index < -0.39 is 0 Å². The molecule has 1 aliphatic heterocycles. The molecule has 1 heterocycles. The van der Waals surface area contributed by atoms with Gasteiger partial charge in [-0.3, -0.25) is 4.90 Å². The fourth-order valence-corrected chi connectivity index (χ4v) is 3.37. The molecular weight excluding hydrogens is 374 g/mol. The van der Waals surface area contributed by atoms with Crippen molar-refractivity contribution in [1.29, 1.82) is 0 Å². The molecule has 0 radical (unpaired) electrons. The molecule has 0 bridgehead atoms. The van der Waals surface area contributed by atoms with Gasteiger partial charge in [-0.25, -0.2) is 13.8 Å². The highest BCUT2D eigenvalue weighted by atomic mass is 19.1. The van der Waals surface area contributed by atoms with E-state index in [1.54, 1.807) is 6.07 Å². The van der Waals surface area contributed by atoms with Crippen LogP contribution in [0.2, 0.25) is 0 Å². The van der Waals surface area contributed by atoms with Gasteiger partial charge in [0.25, 0.3) is 0 Å². The fraction of sp³-hybridized carbons (Fsp3) is 0.409. The van der Waals surface area contributed by atoms with E-state index in [2.05, 4.69) is 20.5 Å². The fourth-order valence-electron chi connectivity index (χ4n) is 3.37. The second-order valence-electron chi connectivity index (χ2n) is 6.92. The molecule has 0 spiro atoms. The standard InChI is InChI=1S/C22H28F2N4O/c1-2-25-22(26-15-17-4-3-5-20(24)14-17)27-16-21(28-10-12-29-13-11-28)18-6-8-19(23)9-7-18/h3-9,14,21H,2,10-13,15-16H2,1H3,(H2,25,26,27). The van der Waals surface area contributed by atoms with Gasteiger partial charge in [-0.15, -0.1) is 0 Å². The van der Waals surface area contributed by atoms with Crippen LogP contribution in [0.15, 0.2) is 53.5 Å². The highest BCUT2D eigenvalue weighted by molar-refractivity contribution is 5.79. The first-order valence-electron chi connectivity index (χ1n) is 9.99. The van der Waals surface area contributed by atoms with Crippen LogP contribution in [0.25, 0.3) is 0 Å². The maximum absolute atomic E-state index is 13.4. The van der Waals surface area contributed by atoms with Crippen LogP contribution < -0.4 is 10.6 Å². The zero-order valence-corrected chi connectivity index (χ0v) is 16.7. The third kappa shape index (κ3) is 6.51. The summed E-state index contributed by atoms with van der Waals surface area (Å²) >= 11 is 0. The molecule has 2 N–H and O–H groups in total. The Morgan fingerprint density at radius 2 is 1.83 bits per heavy atom. The van der Waals surface area contributed by atoms with Gasteiger partial charge in [0, 0.05) is 26.2 Å². The second kappa shape index (κ2) is 10.9. The van der Waals surface area contributed by atoms with Crippen LogP contribution in [0, 0.1) is 11.6 Å². The lowest BCUT2D eigenvalue weighted by molar-refractivity contribution is 0.0170. The Morgan fingerprint density at radius 1 is 1.07 bits per heavy atom. The van der Waals surface area contributed by atoms with E-state index >= 15 is 0 Å². The Labute approximate surface area is 170 Å². The number of halogens is 2. The first-order valence-corrected chi connectivity index (χ1v) is 9.99. The Bertz CT molecular complexity index is 792. The quantitative estimate of drug-likeness (QED) is 0.552. The molecule has 29 heavy (non-hydrogen) atoms. The number of ether oxygens (including phenoxy) is 1. The van der Waals surface area contributed by atoms with Gasteiger partial charge in [0.1, 0.15) is 11.6 Å². The Balaban J connectivity index is 1.70. The number of nitrogens with zero attached hydrogens (tertiary/aromatic N) is 2. The number of benzene rings is 2. The van der Waals surface area contributed by atoms with Crippen molar-refractivity contribution < 1.29 is 13.5 Å². The molecule has 5 nitrogen and oxygen atoms in total. The zero-order valence-electron chi connectivity index (χ0n) is 16.7. The van der Waals surface area contributed by atoms with Gasteiger partial charge in [0.05, 0.1) is 25.8 Å². The number of hydrogen-bond donors (Lipinski definition) is 2. The monoisotopic (exact) mass is 402 g/mol. The number of guanidine groups is 1. The molecule has 1 atom stereocenters. The molecule has 1 fully saturated rings. The Hall–Kier alpha value is -2.51. The summed E-state index contributed by atoms with van der Waals surface area (Å²) in [5.74, 6) is 0.156. The minimum absolute atomic E-state index is 0.0672. The molecule has 2 aromatic carbocycles. The maximum Gasteiger partial charge on any atom is 0.191 e. The summed E-state index contributed by atoms with van der Waals surface area (Å²) in [6, 6.07) is 13.2. The molecule has 0 aromatic heterocycles. The number of morpholine rings is 1. The summed E-state index contributed by atoms with van der Waals surface area (Å²) in [5.41, 5.74) is 1.85. The summed E-state index contributed by atoms with van der Waals surface area (Å²) in [6.45, 7) is 6.72. The highest BCUT2D eigenvalue weighted by Gasteiger charge is 2.23. The van der Waals surface area contributed by atoms with E-state index in [4.69, 9.17) is 4.74 Å². The lowest BCUT2D eigenvalue weighted by Gasteiger charge is -2.35. The van der Waals surface area contributed by atoms with Crippen molar-refractivity contribution in [3.63, 3.8) is 0 Å². The molecule has 3 rings (SSSR count). The maximum atomic E-state index is 13.4. The topological polar surface area (TPSA) is 48.9 Å². The minimum atomic E-state index is -0.264. The van der Waals surface area contributed by atoms with E-state index in [0.717, 1.165) is 24.2 Å². The van der Waals surface area contributed by atoms with Crippen molar-refractivity contribution in [2.75, 3.05) is 39.4 Å². The van der Waals surface area contributed by atoms with Crippen molar-refractivity contribution in [1.82, 2.24) is 15.5 Å². The van der Waals surface area contributed by atoms with Crippen molar-refractivity contribution >= 4 is 5.96 Å². The van der Waals surface area contributed by atoms with Gasteiger partial charge in [0.2, 0.25) is 0 Å². The highest BCUT2D eigenvalue weighted by Crippen LogP contribution is 2.21. The first-order chi connectivity index (χ1) is 14.2. The molecule has 156 valence electrons. The smallest absolute Gasteiger partial charge is 0.191 e. The van der Waals surface area contributed by atoms with E-state index in [1.165, 1.54) is 24.3 Å². The van der Waals surface area contributed by atoms with Crippen LogP contribution in [0.1, 0.15) is 24.1 Å². The normalized spacial score (nSPS) is 16.4. The van der Waals surface area contributed by atoms with Crippen LogP contribution in [0.3, 0.4) is 0 Å². The largest absolute Gasteiger partial charge is 0.379 e.